The lowest BCUT2D eigenvalue weighted by Crippen LogP contribution is -2.49. The van der Waals surface area contributed by atoms with Crippen LogP contribution in [0.5, 0.6) is 5.75 Å². The van der Waals surface area contributed by atoms with Gasteiger partial charge < -0.3 is 19.3 Å². The van der Waals surface area contributed by atoms with Gasteiger partial charge >= 0.3 is 0 Å². The number of ether oxygens (including phenoxy) is 2. The third-order valence-electron chi connectivity index (χ3n) is 4.95. The third-order valence-corrected chi connectivity index (χ3v) is 4.95. The summed E-state index contributed by atoms with van der Waals surface area (Å²) in [5, 5.41) is 0. The van der Waals surface area contributed by atoms with Gasteiger partial charge in [0.25, 0.3) is 5.91 Å². The highest BCUT2D eigenvalue weighted by atomic mass is 16.5. The second-order valence-electron chi connectivity index (χ2n) is 6.64. The van der Waals surface area contributed by atoms with Gasteiger partial charge in [0, 0.05) is 32.5 Å². The maximum Gasteiger partial charge on any atom is 0.256 e. The first-order chi connectivity index (χ1) is 13.2. The van der Waals surface area contributed by atoms with Crippen LogP contribution in [0.3, 0.4) is 0 Å². The zero-order valence-corrected chi connectivity index (χ0v) is 15.1. The fourth-order valence-corrected chi connectivity index (χ4v) is 3.67. The number of hydrogen-bond donors (Lipinski definition) is 0. The molecule has 0 saturated carbocycles. The van der Waals surface area contributed by atoms with Gasteiger partial charge in [-0.05, 0) is 24.3 Å². The average Bonchev–Trinajstić information content (AvgIpc) is 3.13. The van der Waals surface area contributed by atoms with Crippen molar-refractivity contribution < 1.29 is 19.1 Å². The number of rotatable bonds is 4. The van der Waals surface area contributed by atoms with Crippen molar-refractivity contribution in [2.24, 2.45) is 0 Å². The van der Waals surface area contributed by atoms with Crippen LogP contribution in [0.1, 0.15) is 16.8 Å². The number of amides is 2. The highest BCUT2D eigenvalue weighted by Crippen LogP contribution is 2.36. The summed E-state index contributed by atoms with van der Waals surface area (Å²) in [6, 6.07) is 10.3. The zero-order valence-electron chi connectivity index (χ0n) is 15.1. The summed E-state index contributed by atoms with van der Waals surface area (Å²) in [6.45, 7) is 1.16. The van der Waals surface area contributed by atoms with E-state index in [1.165, 1.54) is 6.20 Å². The Hall–Kier alpha value is -2.93. The highest BCUT2D eigenvalue weighted by Gasteiger charge is 2.45. The van der Waals surface area contributed by atoms with Crippen molar-refractivity contribution in [3.8, 4) is 5.75 Å². The molecule has 1 saturated heterocycles. The molecule has 7 nitrogen and oxygen atoms in total. The Balaban J connectivity index is 1.69. The molecule has 0 aliphatic carbocycles. The van der Waals surface area contributed by atoms with E-state index >= 15 is 0 Å². The van der Waals surface area contributed by atoms with Crippen LogP contribution in [0.2, 0.25) is 0 Å². The van der Waals surface area contributed by atoms with Crippen molar-refractivity contribution in [2.45, 2.75) is 18.6 Å². The summed E-state index contributed by atoms with van der Waals surface area (Å²) >= 11 is 0. The maximum atomic E-state index is 13.4. The van der Waals surface area contributed by atoms with Crippen LogP contribution in [0.25, 0.3) is 0 Å². The lowest BCUT2D eigenvalue weighted by atomic mass is 10.1. The lowest BCUT2D eigenvalue weighted by Gasteiger charge is -2.31. The molecule has 0 radical (unpaired) electrons. The zero-order chi connectivity index (χ0) is 18.8. The molecule has 1 fully saturated rings. The van der Waals surface area contributed by atoms with E-state index in [1.54, 1.807) is 35.2 Å². The van der Waals surface area contributed by atoms with Crippen LogP contribution in [-0.2, 0) is 9.53 Å². The minimum atomic E-state index is -0.562. The van der Waals surface area contributed by atoms with Crippen molar-refractivity contribution in [2.75, 3.05) is 31.7 Å². The van der Waals surface area contributed by atoms with Gasteiger partial charge in [-0.2, -0.15) is 0 Å². The van der Waals surface area contributed by atoms with Gasteiger partial charge in [0.1, 0.15) is 17.9 Å². The molecule has 0 spiro atoms. The average molecular weight is 367 g/mol. The van der Waals surface area contributed by atoms with E-state index in [0.717, 1.165) is 0 Å². The van der Waals surface area contributed by atoms with Crippen molar-refractivity contribution in [3.05, 3.63) is 54.4 Å². The van der Waals surface area contributed by atoms with Gasteiger partial charge in [0.05, 0.1) is 24.4 Å². The maximum absolute atomic E-state index is 13.4. The monoisotopic (exact) mass is 367 g/mol. The van der Waals surface area contributed by atoms with Crippen LogP contribution in [-0.4, -0.2) is 60.7 Å². The molecule has 2 atom stereocenters. The molecule has 0 unspecified atom stereocenters. The standard InChI is InChI=1S/C20H21N3O4/c1-26-10-9-22-16-6-2-3-7-18(16)27-15-11-17(20(22)25)23(13-15)19(24)14-5-4-8-21-12-14/h2-8,12,15,17H,9-11,13H2,1H3/t15-,17-/m0/s1. The number of carbonyl (C=O) groups is 2. The predicted octanol–water partition coefficient (Wildman–Crippen LogP) is 1.74. The number of para-hydroxylation sites is 2. The largest absolute Gasteiger partial charge is 0.486 e. The van der Waals surface area contributed by atoms with E-state index in [9.17, 15) is 9.59 Å². The normalized spacial score (nSPS) is 21.3. The van der Waals surface area contributed by atoms with Crippen LogP contribution >= 0.6 is 0 Å². The Morgan fingerprint density at radius 2 is 2.15 bits per heavy atom. The fourth-order valence-electron chi connectivity index (χ4n) is 3.67. The molecule has 140 valence electrons. The molecular weight excluding hydrogens is 346 g/mol. The molecule has 1 aromatic carbocycles. The minimum absolute atomic E-state index is 0.109. The second-order valence-corrected chi connectivity index (χ2v) is 6.64. The number of likely N-dealkylation sites (tertiary alicyclic amines) is 1. The Morgan fingerprint density at radius 3 is 2.93 bits per heavy atom. The van der Waals surface area contributed by atoms with Gasteiger partial charge in [-0.1, -0.05) is 12.1 Å². The van der Waals surface area contributed by atoms with Crippen molar-refractivity contribution >= 4 is 17.5 Å². The first-order valence-corrected chi connectivity index (χ1v) is 8.96. The molecule has 2 amide bonds. The van der Waals surface area contributed by atoms with E-state index in [2.05, 4.69) is 4.98 Å². The van der Waals surface area contributed by atoms with Gasteiger partial charge in [0.15, 0.2) is 0 Å². The molecule has 3 heterocycles. The Morgan fingerprint density at radius 1 is 1.30 bits per heavy atom. The first kappa shape index (κ1) is 17.5. The number of aromatic nitrogens is 1. The first-order valence-electron chi connectivity index (χ1n) is 8.96. The topological polar surface area (TPSA) is 72.0 Å². The highest BCUT2D eigenvalue weighted by molar-refractivity contribution is 6.03. The third kappa shape index (κ3) is 3.26. The Labute approximate surface area is 157 Å². The van der Waals surface area contributed by atoms with E-state index in [-0.39, 0.29) is 17.9 Å². The molecule has 2 aliphatic heterocycles. The van der Waals surface area contributed by atoms with E-state index in [1.807, 2.05) is 24.3 Å². The van der Waals surface area contributed by atoms with Gasteiger partial charge in [-0.3, -0.25) is 14.6 Å². The van der Waals surface area contributed by atoms with E-state index in [4.69, 9.17) is 9.47 Å². The van der Waals surface area contributed by atoms with E-state index in [0.29, 0.717) is 43.1 Å². The lowest BCUT2D eigenvalue weighted by molar-refractivity contribution is -0.122. The molecule has 7 heteroatoms. The minimum Gasteiger partial charge on any atom is -0.486 e. The van der Waals surface area contributed by atoms with E-state index < -0.39 is 6.04 Å². The van der Waals surface area contributed by atoms with Gasteiger partial charge in [0.2, 0.25) is 5.91 Å². The Kier molecular flexibility index (Phi) is 4.77. The molecule has 2 aliphatic rings. The summed E-state index contributed by atoms with van der Waals surface area (Å²) < 4.78 is 11.3. The van der Waals surface area contributed by atoms with Crippen LogP contribution < -0.4 is 9.64 Å². The second kappa shape index (κ2) is 7.36. The molecule has 1 aromatic heterocycles. The Bertz CT molecular complexity index is 842. The molecular formula is C20H21N3O4. The fraction of sp³-hybridized carbons (Fsp3) is 0.350. The number of methoxy groups -OCH3 is 1. The van der Waals surface area contributed by atoms with Gasteiger partial charge in [-0.25, -0.2) is 0 Å². The van der Waals surface area contributed by atoms with Gasteiger partial charge in [-0.15, -0.1) is 0 Å². The number of carbonyl (C=O) groups excluding carboxylic acids is 2. The van der Waals surface area contributed by atoms with Crippen LogP contribution in [0.15, 0.2) is 48.8 Å². The summed E-state index contributed by atoms with van der Waals surface area (Å²) in [5.74, 6) is 0.341. The molecule has 27 heavy (non-hydrogen) atoms. The predicted molar refractivity (Wildman–Crippen MR) is 98.8 cm³/mol. The molecule has 4 rings (SSSR count). The number of anilines is 1. The van der Waals surface area contributed by atoms with Crippen molar-refractivity contribution in [1.29, 1.82) is 0 Å². The molecule has 0 N–H and O–H groups in total. The molecule has 2 bridgehead atoms. The quantitative estimate of drug-likeness (QED) is 0.823. The number of hydrogen-bond acceptors (Lipinski definition) is 5. The van der Waals surface area contributed by atoms with Crippen molar-refractivity contribution in [3.63, 3.8) is 0 Å². The summed E-state index contributed by atoms with van der Waals surface area (Å²) in [6.07, 6.45) is 3.40. The SMILES string of the molecule is COCCN1C(=O)[C@@H]2C[C@@H](CN2C(=O)c2cccnc2)Oc2ccccc21. The molecule has 2 aromatic rings. The summed E-state index contributed by atoms with van der Waals surface area (Å²) in [7, 11) is 1.60. The van der Waals surface area contributed by atoms with Crippen molar-refractivity contribution in [1.82, 2.24) is 9.88 Å². The summed E-state index contributed by atoms with van der Waals surface area (Å²) in [5.41, 5.74) is 1.18. The smallest absolute Gasteiger partial charge is 0.256 e. The summed E-state index contributed by atoms with van der Waals surface area (Å²) in [4.78, 5) is 33.6. The van der Waals surface area contributed by atoms with Crippen LogP contribution in [0, 0.1) is 0 Å². The number of pyridine rings is 1. The van der Waals surface area contributed by atoms with Crippen LogP contribution in [0.4, 0.5) is 5.69 Å². The number of nitrogens with zero attached hydrogens (tertiary/aromatic N) is 3. The number of fused-ring (bicyclic) bond motifs is 3. The number of benzene rings is 1.